The summed E-state index contributed by atoms with van der Waals surface area (Å²) in [6.45, 7) is 3.47. The number of hydrogen-bond donors (Lipinski definition) is 8. The van der Waals surface area contributed by atoms with Crippen LogP contribution < -0.4 is 5.32 Å². The molecule has 1 aliphatic heterocycles. The summed E-state index contributed by atoms with van der Waals surface area (Å²) in [6, 6.07) is -1.19. The molecular formula is C64H121NO10. The Bertz CT molecular complexity index is 1310. The molecule has 9 atom stereocenters. The zero-order valence-electron chi connectivity index (χ0n) is 48.5. The maximum absolute atomic E-state index is 13.2. The first-order valence-electron chi connectivity index (χ1n) is 31.9. The summed E-state index contributed by atoms with van der Waals surface area (Å²) in [5, 5.41) is 76.2. The number of amides is 1. The number of ether oxygens (including phenoxy) is 2. The molecule has 1 heterocycles. The number of carbonyl (C=O) groups is 1. The summed E-state index contributed by atoms with van der Waals surface area (Å²) >= 11 is 0. The van der Waals surface area contributed by atoms with Gasteiger partial charge in [-0.15, -0.1) is 0 Å². The van der Waals surface area contributed by atoms with Crippen molar-refractivity contribution in [2.24, 2.45) is 0 Å². The second-order valence-corrected chi connectivity index (χ2v) is 22.5. The molecule has 1 amide bonds. The fraction of sp³-hybridized carbons (Fsp3) is 0.891. The first-order valence-corrected chi connectivity index (χ1v) is 31.9. The van der Waals surface area contributed by atoms with E-state index in [0.29, 0.717) is 19.3 Å². The Morgan fingerprint density at radius 1 is 0.453 bits per heavy atom. The zero-order valence-corrected chi connectivity index (χ0v) is 48.5. The molecule has 0 aliphatic carbocycles. The van der Waals surface area contributed by atoms with Crippen molar-refractivity contribution in [2.45, 2.75) is 351 Å². The maximum atomic E-state index is 13.2. The van der Waals surface area contributed by atoms with Gasteiger partial charge in [0.25, 0.3) is 0 Å². The Labute approximate surface area is 460 Å². The van der Waals surface area contributed by atoms with Crippen molar-refractivity contribution < 1.29 is 50.0 Å². The molecular weight excluding hydrogens is 943 g/mol. The van der Waals surface area contributed by atoms with Crippen LogP contribution in [0.5, 0.6) is 0 Å². The molecule has 0 bridgehead atoms. The monoisotopic (exact) mass is 1060 g/mol. The second-order valence-electron chi connectivity index (χ2n) is 22.5. The Kier molecular flexibility index (Phi) is 50.4. The normalized spacial score (nSPS) is 19.9. The van der Waals surface area contributed by atoms with Crippen molar-refractivity contribution in [3.63, 3.8) is 0 Å². The molecule has 1 saturated heterocycles. The fourth-order valence-corrected chi connectivity index (χ4v) is 10.2. The van der Waals surface area contributed by atoms with Crippen molar-refractivity contribution in [3.05, 3.63) is 36.5 Å². The van der Waals surface area contributed by atoms with Crippen molar-refractivity contribution in [3.8, 4) is 0 Å². The number of aliphatic hydroxyl groups is 7. The van der Waals surface area contributed by atoms with E-state index in [0.717, 1.165) is 57.8 Å². The second kappa shape index (κ2) is 53.0. The lowest BCUT2D eigenvalue weighted by molar-refractivity contribution is -0.303. The summed E-state index contributed by atoms with van der Waals surface area (Å²) in [5.41, 5.74) is 0. The molecule has 75 heavy (non-hydrogen) atoms. The van der Waals surface area contributed by atoms with E-state index in [-0.39, 0.29) is 12.8 Å². The standard InChI is InChI=1S/C64H121NO10/c1-3-5-7-9-11-13-15-17-19-21-23-25-26-27-28-29-30-31-32-34-35-37-39-41-43-45-47-49-51-56(67)59(69)55(54-74-64-62(72)61(71)60(70)58(53-66)75-64)65-63(73)57(68)52-50-48-46-44-42-40-38-36-33-24-22-20-18-16-14-12-10-8-6-4-2/h33,35-37,43,45,55-62,64,66-72H,3-32,34,38-42,44,46-54H2,1-2H3,(H,65,73)/b36-33-,37-35+,45-43+. The van der Waals surface area contributed by atoms with Crippen LogP contribution in [0.2, 0.25) is 0 Å². The van der Waals surface area contributed by atoms with Crippen molar-refractivity contribution in [1.29, 1.82) is 0 Å². The van der Waals surface area contributed by atoms with Crippen LogP contribution >= 0.6 is 0 Å². The zero-order chi connectivity index (χ0) is 54.7. The van der Waals surface area contributed by atoms with Gasteiger partial charge in [0.2, 0.25) is 5.91 Å². The van der Waals surface area contributed by atoms with Gasteiger partial charge in [-0.1, -0.05) is 256 Å². The van der Waals surface area contributed by atoms with Crippen LogP contribution in [0.1, 0.15) is 296 Å². The smallest absolute Gasteiger partial charge is 0.249 e. The van der Waals surface area contributed by atoms with Gasteiger partial charge < -0.3 is 50.5 Å². The van der Waals surface area contributed by atoms with E-state index in [9.17, 15) is 40.5 Å². The number of unbranched alkanes of at least 4 members (excludes halogenated alkanes) is 37. The van der Waals surface area contributed by atoms with E-state index < -0.39 is 74.2 Å². The van der Waals surface area contributed by atoms with Crippen LogP contribution in [0, 0.1) is 0 Å². The number of hydrogen-bond acceptors (Lipinski definition) is 10. The van der Waals surface area contributed by atoms with Crippen LogP contribution in [0.3, 0.4) is 0 Å². The van der Waals surface area contributed by atoms with E-state index in [1.54, 1.807) is 0 Å². The highest BCUT2D eigenvalue weighted by Crippen LogP contribution is 2.23. The highest BCUT2D eigenvalue weighted by Gasteiger charge is 2.44. The highest BCUT2D eigenvalue weighted by atomic mass is 16.7. The third kappa shape index (κ3) is 41.1. The molecule has 0 aromatic rings. The molecule has 8 N–H and O–H groups in total. The lowest BCUT2D eigenvalue weighted by Gasteiger charge is -2.40. The predicted octanol–water partition coefficient (Wildman–Crippen LogP) is 14.2. The minimum absolute atomic E-state index is 0.244. The van der Waals surface area contributed by atoms with Crippen LogP contribution in [0.25, 0.3) is 0 Å². The van der Waals surface area contributed by atoms with Gasteiger partial charge in [-0.2, -0.15) is 0 Å². The third-order valence-electron chi connectivity index (χ3n) is 15.4. The third-order valence-corrected chi connectivity index (χ3v) is 15.4. The Balaban J connectivity index is 2.29. The van der Waals surface area contributed by atoms with Crippen molar-refractivity contribution >= 4 is 5.91 Å². The number of rotatable bonds is 55. The lowest BCUT2D eigenvalue weighted by atomic mass is 9.98. The average molecular weight is 1060 g/mol. The summed E-state index contributed by atoms with van der Waals surface area (Å²) < 4.78 is 11.1. The lowest BCUT2D eigenvalue weighted by Crippen LogP contribution is -2.60. The van der Waals surface area contributed by atoms with Gasteiger partial charge in [-0.25, -0.2) is 0 Å². The first-order chi connectivity index (χ1) is 36.7. The molecule has 0 radical (unpaired) electrons. The summed E-state index contributed by atoms with van der Waals surface area (Å²) in [7, 11) is 0. The minimum atomic E-state index is -1.67. The molecule has 1 fully saturated rings. The molecule has 11 heteroatoms. The van der Waals surface area contributed by atoms with Crippen LogP contribution in [-0.2, 0) is 14.3 Å². The molecule has 9 unspecified atom stereocenters. The van der Waals surface area contributed by atoms with E-state index in [2.05, 4.69) is 55.6 Å². The fourth-order valence-electron chi connectivity index (χ4n) is 10.2. The van der Waals surface area contributed by atoms with Gasteiger partial charge in [-0.3, -0.25) is 4.79 Å². The first kappa shape index (κ1) is 71.3. The van der Waals surface area contributed by atoms with Gasteiger partial charge in [0.05, 0.1) is 25.4 Å². The molecule has 1 aliphatic rings. The maximum Gasteiger partial charge on any atom is 0.249 e. The predicted molar refractivity (Wildman–Crippen MR) is 312 cm³/mol. The van der Waals surface area contributed by atoms with Gasteiger partial charge >= 0.3 is 0 Å². The molecule has 442 valence electrons. The molecule has 1 rings (SSSR count). The van der Waals surface area contributed by atoms with Crippen LogP contribution in [0.15, 0.2) is 36.5 Å². The van der Waals surface area contributed by atoms with Gasteiger partial charge in [0.15, 0.2) is 6.29 Å². The van der Waals surface area contributed by atoms with Crippen molar-refractivity contribution in [1.82, 2.24) is 5.32 Å². The average Bonchev–Trinajstić information content (AvgIpc) is 3.41. The number of carbonyl (C=O) groups excluding carboxylic acids is 1. The quantitative estimate of drug-likeness (QED) is 0.0215. The van der Waals surface area contributed by atoms with Gasteiger partial charge in [0.1, 0.15) is 36.6 Å². The SMILES string of the molecule is CCCCCCCCCCCC/C=C\CCCCCCCCC(O)C(=O)NC(COC1OC(CO)C(O)C(O)C1O)C(O)C(O)CCC/C=C/CC/C=C/CCCCCCCCCCCCCCCCCCCCC. The summed E-state index contributed by atoms with van der Waals surface area (Å²) in [4.78, 5) is 13.2. The number of allylic oxidation sites excluding steroid dienone is 6. The largest absolute Gasteiger partial charge is 0.394 e. The van der Waals surface area contributed by atoms with Gasteiger partial charge in [0, 0.05) is 0 Å². The molecule has 11 nitrogen and oxygen atoms in total. The molecule has 0 saturated carbocycles. The van der Waals surface area contributed by atoms with Crippen molar-refractivity contribution in [2.75, 3.05) is 13.2 Å². The molecule has 0 spiro atoms. The molecule has 0 aromatic heterocycles. The van der Waals surface area contributed by atoms with E-state index in [1.165, 1.54) is 193 Å². The van der Waals surface area contributed by atoms with Gasteiger partial charge in [-0.05, 0) is 77.0 Å². The van der Waals surface area contributed by atoms with E-state index in [1.807, 2.05) is 0 Å². The van der Waals surface area contributed by atoms with Crippen LogP contribution in [-0.4, -0.2) is 110 Å². The highest BCUT2D eigenvalue weighted by molar-refractivity contribution is 5.80. The Morgan fingerprint density at radius 2 is 0.800 bits per heavy atom. The Morgan fingerprint density at radius 3 is 1.19 bits per heavy atom. The van der Waals surface area contributed by atoms with E-state index in [4.69, 9.17) is 9.47 Å². The number of nitrogens with one attached hydrogen (secondary N) is 1. The topological polar surface area (TPSA) is 189 Å². The minimum Gasteiger partial charge on any atom is -0.394 e. The Hall–Kier alpha value is -1.67. The number of aliphatic hydroxyl groups excluding tert-OH is 7. The van der Waals surface area contributed by atoms with Crippen LogP contribution in [0.4, 0.5) is 0 Å². The summed E-state index contributed by atoms with van der Waals surface area (Å²) in [6.07, 6.45) is 55.0. The molecule has 0 aromatic carbocycles. The summed E-state index contributed by atoms with van der Waals surface area (Å²) in [5.74, 6) is -0.712. The van der Waals surface area contributed by atoms with E-state index >= 15 is 0 Å².